The number of carbonyl (C=O) groups excluding carboxylic acids is 1. The Morgan fingerprint density at radius 3 is 2.53 bits per heavy atom. The number of hydrogen-bond donors (Lipinski definition) is 2. The highest BCUT2D eigenvalue weighted by Gasteiger charge is 2.41. The smallest absolute Gasteiger partial charge is 0.252 e. The van der Waals surface area contributed by atoms with Crippen molar-refractivity contribution in [2.45, 2.75) is 30.6 Å². The molecule has 102 valence electrons. The topological polar surface area (TPSA) is 29.1 Å². The fraction of sp³-hybridized carbons (Fsp3) is 0.533. The molecular formula is C15H18ClNOS. The summed E-state index contributed by atoms with van der Waals surface area (Å²) in [5.41, 5.74) is 0.527. The maximum atomic E-state index is 12.2. The summed E-state index contributed by atoms with van der Waals surface area (Å²) < 4.78 is 0. The summed E-state index contributed by atoms with van der Waals surface area (Å²) in [7, 11) is 0. The molecule has 2 nitrogen and oxygen atoms in total. The van der Waals surface area contributed by atoms with Crippen LogP contribution in [0.3, 0.4) is 0 Å². The summed E-state index contributed by atoms with van der Waals surface area (Å²) in [6.07, 6.45) is 5.35. The molecule has 0 saturated heterocycles. The van der Waals surface area contributed by atoms with E-state index in [0.717, 1.165) is 23.3 Å². The number of nitrogens with one attached hydrogen (secondary N) is 1. The van der Waals surface area contributed by atoms with E-state index < -0.39 is 0 Å². The lowest BCUT2D eigenvalue weighted by atomic mass is 9.98. The maximum absolute atomic E-state index is 12.2. The van der Waals surface area contributed by atoms with Gasteiger partial charge in [-0.3, -0.25) is 4.79 Å². The fourth-order valence-electron chi connectivity index (χ4n) is 2.76. The van der Waals surface area contributed by atoms with Crippen LogP contribution in [0.25, 0.3) is 0 Å². The van der Waals surface area contributed by atoms with Gasteiger partial charge in [-0.15, -0.1) is 12.6 Å². The van der Waals surface area contributed by atoms with E-state index in [0.29, 0.717) is 16.5 Å². The Balaban J connectivity index is 1.62. The van der Waals surface area contributed by atoms with Gasteiger partial charge in [-0.25, -0.2) is 0 Å². The summed E-state index contributed by atoms with van der Waals surface area (Å²) in [5.74, 6) is 2.30. The average Bonchev–Trinajstić information content (AvgIpc) is 3.25. The maximum Gasteiger partial charge on any atom is 0.252 e. The summed E-state index contributed by atoms with van der Waals surface area (Å²) in [4.78, 5) is 12.9. The fourth-order valence-corrected chi connectivity index (χ4v) is 3.17. The van der Waals surface area contributed by atoms with E-state index in [4.69, 9.17) is 11.6 Å². The molecule has 0 radical (unpaired) electrons. The van der Waals surface area contributed by atoms with Gasteiger partial charge in [0.1, 0.15) is 0 Å². The van der Waals surface area contributed by atoms with E-state index in [2.05, 4.69) is 17.9 Å². The predicted molar refractivity (Wildman–Crippen MR) is 80.0 cm³/mol. The van der Waals surface area contributed by atoms with Crippen LogP contribution >= 0.6 is 24.2 Å². The Morgan fingerprint density at radius 1 is 1.32 bits per heavy atom. The van der Waals surface area contributed by atoms with Crippen molar-refractivity contribution in [3.63, 3.8) is 0 Å². The lowest BCUT2D eigenvalue weighted by Crippen LogP contribution is -2.31. The number of rotatable bonds is 5. The van der Waals surface area contributed by atoms with E-state index in [-0.39, 0.29) is 5.91 Å². The molecule has 0 aliphatic heterocycles. The number of carbonyl (C=O) groups is 1. The first-order valence-electron chi connectivity index (χ1n) is 6.92. The van der Waals surface area contributed by atoms with E-state index in [1.165, 1.54) is 25.7 Å². The molecule has 4 heteroatoms. The van der Waals surface area contributed by atoms with Gasteiger partial charge in [-0.05, 0) is 61.6 Å². The van der Waals surface area contributed by atoms with Crippen molar-refractivity contribution in [2.75, 3.05) is 6.54 Å². The molecule has 3 rings (SSSR count). The third-order valence-corrected chi connectivity index (χ3v) is 4.76. The zero-order chi connectivity index (χ0) is 13.4. The van der Waals surface area contributed by atoms with Gasteiger partial charge in [0.25, 0.3) is 5.91 Å². The SMILES string of the molecule is O=C(NCC(C1CC1)C1CC1)c1cc(S)ccc1Cl. The van der Waals surface area contributed by atoms with Crippen molar-refractivity contribution >= 4 is 30.1 Å². The van der Waals surface area contributed by atoms with Gasteiger partial charge in [0.2, 0.25) is 0 Å². The molecule has 0 unspecified atom stereocenters. The Hall–Kier alpha value is -0.670. The second-order valence-corrected chi connectivity index (χ2v) is 6.64. The van der Waals surface area contributed by atoms with Crippen LogP contribution in [0.15, 0.2) is 23.1 Å². The van der Waals surface area contributed by atoms with Crippen molar-refractivity contribution in [3.05, 3.63) is 28.8 Å². The van der Waals surface area contributed by atoms with Gasteiger partial charge in [-0.1, -0.05) is 11.6 Å². The first kappa shape index (κ1) is 13.3. The second kappa shape index (κ2) is 5.37. The Bertz CT molecular complexity index is 485. The van der Waals surface area contributed by atoms with E-state index in [1.807, 2.05) is 0 Å². The van der Waals surface area contributed by atoms with Crippen LogP contribution in [0.1, 0.15) is 36.0 Å². The minimum absolute atomic E-state index is 0.0767. The zero-order valence-corrected chi connectivity index (χ0v) is 12.4. The molecule has 2 saturated carbocycles. The highest BCUT2D eigenvalue weighted by Crippen LogP contribution is 2.48. The molecule has 19 heavy (non-hydrogen) atoms. The molecular weight excluding hydrogens is 278 g/mol. The predicted octanol–water partition coefficient (Wildman–Crippen LogP) is 3.79. The van der Waals surface area contributed by atoms with Crippen LogP contribution in [0.2, 0.25) is 5.02 Å². The third kappa shape index (κ3) is 3.26. The number of hydrogen-bond acceptors (Lipinski definition) is 2. The van der Waals surface area contributed by atoms with Crippen molar-refractivity contribution in [3.8, 4) is 0 Å². The largest absolute Gasteiger partial charge is 0.352 e. The molecule has 0 aromatic heterocycles. The summed E-state index contributed by atoms with van der Waals surface area (Å²) in [5, 5.41) is 3.54. The monoisotopic (exact) mass is 295 g/mol. The van der Waals surface area contributed by atoms with Crippen LogP contribution in [-0.2, 0) is 0 Å². The first-order valence-corrected chi connectivity index (χ1v) is 7.74. The molecule has 2 fully saturated rings. The van der Waals surface area contributed by atoms with Crippen LogP contribution in [0.4, 0.5) is 0 Å². The van der Waals surface area contributed by atoms with E-state index in [9.17, 15) is 4.79 Å². The molecule has 1 amide bonds. The molecule has 0 spiro atoms. The van der Waals surface area contributed by atoms with Crippen LogP contribution < -0.4 is 5.32 Å². The summed E-state index contributed by atoms with van der Waals surface area (Å²) in [6, 6.07) is 5.24. The number of halogens is 1. The number of benzene rings is 1. The Kier molecular flexibility index (Phi) is 3.77. The van der Waals surface area contributed by atoms with E-state index >= 15 is 0 Å². The van der Waals surface area contributed by atoms with Crippen molar-refractivity contribution < 1.29 is 4.79 Å². The van der Waals surface area contributed by atoms with Gasteiger partial charge in [-0.2, -0.15) is 0 Å². The molecule has 1 aromatic carbocycles. The molecule has 2 aliphatic rings. The second-order valence-electron chi connectivity index (χ2n) is 5.71. The van der Waals surface area contributed by atoms with Crippen molar-refractivity contribution in [2.24, 2.45) is 17.8 Å². The molecule has 0 atom stereocenters. The number of thiol groups is 1. The highest BCUT2D eigenvalue weighted by molar-refractivity contribution is 7.80. The van der Waals surface area contributed by atoms with Gasteiger partial charge in [0, 0.05) is 11.4 Å². The first-order chi connectivity index (χ1) is 9.15. The van der Waals surface area contributed by atoms with E-state index in [1.54, 1.807) is 18.2 Å². The van der Waals surface area contributed by atoms with Gasteiger partial charge in [0.15, 0.2) is 0 Å². The van der Waals surface area contributed by atoms with Gasteiger partial charge >= 0.3 is 0 Å². The quantitative estimate of drug-likeness (QED) is 0.795. The van der Waals surface area contributed by atoms with Crippen molar-refractivity contribution in [1.82, 2.24) is 5.32 Å². The zero-order valence-electron chi connectivity index (χ0n) is 10.7. The minimum Gasteiger partial charge on any atom is -0.352 e. The Labute approximate surface area is 124 Å². The van der Waals surface area contributed by atoms with Gasteiger partial charge in [0.05, 0.1) is 10.6 Å². The lowest BCUT2D eigenvalue weighted by Gasteiger charge is -2.16. The number of amides is 1. The van der Waals surface area contributed by atoms with Crippen LogP contribution in [0.5, 0.6) is 0 Å². The van der Waals surface area contributed by atoms with Gasteiger partial charge < -0.3 is 5.32 Å². The summed E-state index contributed by atoms with van der Waals surface area (Å²) in [6.45, 7) is 0.793. The van der Waals surface area contributed by atoms with Crippen LogP contribution in [0, 0.1) is 17.8 Å². The molecule has 1 N–H and O–H groups in total. The Morgan fingerprint density at radius 2 is 1.95 bits per heavy atom. The molecule has 2 aliphatic carbocycles. The van der Waals surface area contributed by atoms with Crippen LogP contribution in [-0.4, -0.2) is 12.5 Å². The molecule has 0 heterocycles. The third-order valence-electron chi connectivity index (χ3n) is 4.15. The molecule has 1 aromatic rings. The lowest BCUT2D eigenvalue weighted by molar-refractivity contribution is 0.0943. The minimum atomic E-state index is -0.0767. The molecule has 0 bridgehead atoms. The van der Waals surface area contributed by atoms with Crippen molar-refractivity contribution in [1.29, 1.82) is 0 Å². The highest BCUT2D eigenvalue weighted by atomic mass is 35.5. The average molecular weight is 296 g/mol. The normalized spacial score (nSPS) is 18.7. The standard InChI is InChI=1S/C15H18ClNOS/c16-14-6-5-11(19)7-12(14)15(18)17-8-13(9-1-2-9)10-3-4-10/h5-7,9-10,13,19H,1-4,8H2,(H,17,18). The summed E-state index contributed by atoms with van der Waals surface area (Å²) >= 11 is 10.3.